The highest BCUT2D eigenvalue weighted by atomic mass is 19.4. The number of nitrogens with two attached hydrogens (primary N) is 1. The first-order chi connectivity index (χ1) is 10.3. The monoisotopic (exact) mass is 312 g/mol. The lowest BCUT2D eigenvalue weighted by Gasteiger charge is -2.08. The number of nitrogens with zero attached hydrogens (tertiary/aromatic N) is 2. The van der Waals surface area contributed by atoms with Gasteiger partial charge in [0.15, 0.2) is 5.69 Å². The van der Waals surface area contributed by atoms with Crippen molar-refractivity contribution >= 4 is 5.91 Å². The van der Waals surface area contributed by atoms with E-state index in [4.69, 9.17) is 5.73 Å². The van der Waals surface area contributed by atoms with Gasteiger partial charge in [-0.1, -0.05) is 12.1 Å². The molecule has 1 heterocycles. The molecule has 0 spiro atoms. The molecule has 1 amide bonds. The quantitative estimate of drug-likeness (QED) is 0.904. The molecule has 118 valence electrons. The zero-order chi connectivity index (χ0) is 16.3. The maximum Gasteiger partial charge on any atom is 0.435 e. The van der Waals surface area contributed by atoms with E-state index in [0.717, 1.165) is 10.2 Å². The predicted molar refractivity (Wildman–Crippen MR) is 73.7 cm³/mol. The third-order valence-corrected chi connectivity index (χ3v) is 3.06. The number of hydrogen-bond donors (Lipinski definition) is 2. The van der Waals surface area contributed by atoms with Gasteiger partial charge < -0.3 is 11.1 Å². The highest BCUT2D eigenvalue weighted by molar-refractivity contribution is 5.94. The third kappa shape index (κ3) is 3.64. The van der Waals surface area contributed by atoms with Crippen molar-refractivity contribution in [1.82, 2.24) is 15.1 Å². The Hall–Kier alpha value is -2.35. The molecule has 1 aromatic heterocycles. The Morgan fingerprint density at radius 3 is 2.50 bits per heavy atom. The van der Waals surface area contributed by atoms with Crippen molar-refractivity contribution < 1.29 is 18.0 Å². The predicted octanol–water partition coefficient (Wildman–Crippen LogP) is 1.83. The van der Waals surface area contributed by atoms with Crippen LogP contribution in [0.15, 0.2) is 30.5 Å². The zero-order valence-corrected chi connectivity index (χ0v) is 11.8. The lowest BCUT2D eigenvalue weighted by atomic mass is 10.1. The summed E-state index contributed by atoms with van der Waals surface area (Å²) in [6.07, 6.45) is -3.31. The van der Waals surface area contributed by atoms with Crippen LogP contribution in [0.2, 0.25) is 0 Å². The summed E-state index contributed by atoms with van der Waals surface area (Å²) in [7, 11) is 1.39. The average molecular weight is 312 g/mol. The van der Waals surface area contributed by atoms with Gasteiger partial charge in [0.1, 0.15) is 0 Å². The number of hydrogen-bond acceptors (Lipinski definition) is 3. The number of alkyl halides is 3. The average Bonchev–Trinajstić information content (AvgIpc) is 2.86. The molecule has 0 atom stereocenters. The van der Waals surface area contributed by atoms with Crippen LogP contribution in [0.1, 0.15) is 27.2 Å². The van der Waals surface area contributed by atoms with Crippen molar-refractivity contribution in [3.63, 3.8) is 0 Å². The van der Waals surface area contributed by atoms with Crippen LogP contribution < -0.4 is 11.1 Å². The van der Waals surface area contributed by atoms with Gasteiger partial charge in [0.05, 0.1) is 0 Å². The van der Waals surface area contributed by atoms with Crippen molar-refractivity contribution in [3.05, 3.63) is 52.8 Å². The number of halogens is 3. The van der Waals surface area contributed by atoms with Crippen molar-refractivity contribution in [2.24, 2.45) is 12.8 Å². The van der Waals surface area contributed by atoms with Crippen LogP contribution in [-0.4, -0.2) is 15.7 Å². The molecule has 0 saturated heterocycles. The zero-order valence-electron chi connectivity index (χ0n) is 11.8. The normalized spacial score (nSPS) is 11.5. The second-order valence-electron chi connectivity index (χ2n) is 4.76. The minimum Gasteiger partial charge on any atom is -0.348 e. The lowest BCUT2D eigenvalue weighted by Crippen LogP contribution is -2.24. The molecule has 0 saturated carbocycles. The molecule has 0 radical (unpaired) electrons. The van der Waals surface area contributed by atoms with Gasteiger partial charge in [-0.05, 0) is 17.7 Å². The van der Waals surface area contributed by atoms with Crippen LogP contribution in [0.4, 0.5) is 13.2 Å². The van der Waals surface area contributed by atoms with E-state index >= 15 is 0 Å². The van der Waals surface area contributed by atoms with Crippen molar-refractivity contribution in [3.8, 4) is 0 Å². The van der Waals surface area contributed by atoms with Crippen molar-refractivity contribution in [2.75, 3.05) is 0 Å². The first-order valence-corrected chi connectivity index (χ1v) is 6.48. The molecule has 0 bridgehead atoms. The van der Waals surface area contributed by atoms with Crippen LogP contribution in [-0.2, 0) is 26.3 Å². The molecule has 22 heavy (non-hydrogen) atoms. The van der Waals surface area contributed by atoms with Crippen molar-refractivity contribution in [2.45, 2.75) is 19.3 Å². The second-order valence-corrected chi connectivity index (χ2v) is 4.76. The molecular formula is C14H15F3N4O. The smallest absolute Gasteiger partial charge is 0.348 e. The van der Waals surface area contributed by atoms with E-state index in [1.54, 1.807) is 24.3 Å². The van der Waals surface area contributed by atoms with E-state index < -0.39 is 17.8 Å². The molecule has 0 fully saturated rings. The maximum atomic E-state index is 12.8. The van der Waals surface area contributed by atoms with Crippen LogP contribution in [0.3, 0.4) is 0 Å². The highest BCUT2D eigenvalue weighted by Gasteiger charge is 2.36. The van der Waals surface area contributed by atoms with E-state index in [1.807, 2.05) is 0 Å². The number of rotatable bonds is 4. The number of aromatic nitrogens is 2. The Balaban J connectivity index is 2.08. The molecule has 0 aliphatic heterocycles. The van der Waals surface area contributed by atoms with Crippen LogP contribution in [0.25, 0.3) is 0 Å². The summed E-state index contributed by atoms with van der Waals surface area (Å²) in [5, 5.41) is 5.84. The largest absolute Gasteiger partial charge is 0.435 e. The second kappa shape index (κ2) is 6.18. The number of aryl methyl sites for hydroxylation is 1. The minimum absolute atomic E-state index is 0.0815. The van der Waals surface area contributed by atoms with Crippen LogP contribution >= 0.6 is 0 Å². The number of benzene rings is 1. The molecule has 8 heteroatoms. The van der Waals surface area contributed by atoms with E-state index in [9.17, 15) is 18.0 Å². The summed E-state index contributed by atoms with van der Waals surface area (Å²) in [5.74, 6) is -0.458. The Morgan fingerprint density at radius 2 is 1.95 bits per heavy atom. The topological polar surface area (TPSA) is 72.9 Å². The van der Waals surface area contributed by atoms with Gasteiger partial charge in [-0.25, -0.2) is 0 Å². The summed E-state index contributed by atoms with van der Waals surface area (Å²) in [4.78, 5) is 11.9. The fraction of sp³-hybridized carbons (Fsp3) is 0.286. The van der Waals surface area contributed by atoms with Gasteiger partial charge in [0.2, 0.25) is 0 Å². The summed E-state index contributed by atoms with van der Waals surface area (Å²) in [5.41, 5.74) is 5.60. The lowest BCUT2D eigenvalue weighted by molar-refractivity contribution is -0.142. The van der Waals surface area contributed by atoms with Gasteiger partial charge in [-0.2, -0.15) is 18.3 Å². The van der Waals surface area contributed by atoms with E-state index in [-0.39, 0.29) is 12.1 Å². The Kier molecular flexibility index (Phi) is 4.51. The standard InChI is InChI=1S/C14H15F3N4O/c1-21-8-11(12(20-21)14(15,16)17)7-19-13(22)10-4-2-9(6-18)3-5-10/h2-5,8H,6-7,18H2,1H3,(H,19,22). The Labute approximate surface area is 124 Å². The van der Waals surface area contributed by atoms with Gasteiger partial charge in [0, 0.05) is 37.5 Å². The first kappa shape index (κ1) is 16.0. The molecule has 3 N–H and O–H groups in total. The molecule has 1 aromatic carbocycles. The molecule has 0 aliphatic rings. The number of carbonyl (C=O) groups excluding carboxylic acids is 1. The Bertz CT molecular complexity index is 662. The molecule has 0 aliphatic carbocycles. The van der Waals surface area contributed by atoms with Crippen molar-refractivity contribution in [1.29, 1.82) is 0 Å². The third-order valence-electron chi connectivity index (χ3n) is 3.06. The summed E-state index contributed by atoms with van der Waals surface area (Å²) in [6, 6.07) is 6.54. The SMILES string of the molecule is Cn1cc(CNC(=O)c2ccc(CN)cc2)c(C(F)(F)F)n1. The van der Waals surface area contributed by atoms with Gasteiger partial charge in [-0.15, -0.1) is 0 Å². The minimum atomic E-state index is -4.55. The van der Waals surface area contributed by atoms with E-state index in [2.05, 4.69) is 10.4 Å². The summed E-state index contributed by atoms with van der Waals surface area (Å²) >= 11 is 0. The first-order valence-electron chi connectivity index (χ1n) is 6.48. The molecule has 2 rings (SSSR count). The molecule has 5 nitrogen and oxygen atoms in total. The Morgan fingerprint density at radius 1 is 1.32 bits per heavy atom. The van der Waals surface area contributed by atoms with Gasteiger partial charge >= 0.3 is 6.18 Å². The molecular weight excluding hydrogens is 297 g/mol. The van der Waals surface area contributed by atoms with Gasteiger partial charge in [-0.3, -0.25) is 9.48 Å². The number of nitrogens with one attached hydrogen (secondary N) is 1. The highest BCUT2D eigenvalue weighted by Crippen LogP contribution is 2.30. The summed E-state index contributed by atoms with van der Waals surface area (Å²) in [6.45, 7) is 0.104. The fourth-order valence-corrected chi connectivity index (χ4v) is 1.98. The molecule has 0 unspecified atom stereocenters. The van der Waals surface area contributed by atoms with Crippen LogP contribution in [0.5, 0.6) is 0 Å². The fourth-order valence-electron chi connectivity index (χ4n) is 1.98. The van der Waals surface area contributed by atoms with E-state index in [0.29, 0.717) is 12.1 Å². The number of amides is 1. The summed E-state index contributed by atoms with van der Waals surface area (Å²) < 4.78 is 39.4. The van der Waals surface area contributed by atoms with Crippen LogP contribution in [0, 0.1) is 0 Å². The van der Waals surface area contributed by atoms with Gasteiger partial charge in [0.25, 0.3) is 5.91 Å². The molecule has 2 aromatic rings. The van der Waals surface area contributed by atoms with E-state index in [1.165, 1.54) is 13.2 Å². The number of carbonyl (C=O) groups is 1. The maximum absolute atomic E-state index is 12.8.